The molecule has 6 heteroatoms. The van der Waals surface area contributed by atoms with E-state index in [1.807, 2.05) is 17.3 Å². The summed E-state index contributed by atoms with van der Waals surface area (Å²) in [4.78, 5) is 23.1. The number of aromatic nitrogens is 1. The number of thiazole rings is 1. The third kappa shape index (κ3) is 4.07. The lowest BCUT2D eigenvalue weighted by Gasteiger charge is -2.35. The molecule has 2 aromatic rings. The highest BCUT2D eigenvalue weighted by Crippen LogP contribution is 2.30. The molecule has 1 aromatic carbocycles. The molecule has 2 bridgehead atoms. The smallest absolute Gasteiger partial charge is 0.227 e. The average Bonchev–Trinajstić information content (AvgIpc) is 3.01. The Bertz CT molecular complexity index is 692. The van der Waals surface area contributed by atoms with Crippen molar-refractivity contribution in [2.75, 3.05) is 25.4 Å². The van der Waals surface area contributed by atoms with Crippen LogP contribution in [0, 0.1) is 5.92 Å². The number of amides is 1. The fraction of sp³-hybridized carbons (Fsp3) is 0.474. The fourth-order valence-corrected chi connectivity index (χ4v) is 5.30. The number of thioether (sulfide) groups is 1. The van der Waals surface area contributed by atoms with Gasteiger partial charge in [-0.3, -0.25) is 9.69 Å². The molecule has 0 spiro atoms. The van der Waals surface area contributed by atoms with Crippen molar-refractivity contribution >= 4 is 29.0 Å². The minimum Gasteiger partial charge on any atom is -0.332 e. The van der Waals surface area contributed by atoms with E-state index in [1.54, 1.807) is 11.3 Å². The summed E-state index contributed by atoms with van der Waals surface area (Å²) in [6.07, 6.45) is 2.17. The molecule has 1 aromatic heterocycles. The molecule has 4 heterocycles. The van der Waals surface area contributed by atoms with E-state index in [0.29, 0.717) is 18.5 Å². The summed E-state index contributed by atoms with van der Waals surface area (Å²) in [6, 6.07) is 10.9. The lowest BCUT2D eigenvalue weighted by atomic mass is 9.94. The topological polar surface area (TPSA) is 36.4 Å². The molecular formula is C19H23N3OS2. The van der Waals surface area contributed by atoms with Gasteiger partial charge in [0.25, 0.3) is 0 Å². The minimum atomic E-state index is 0.166. The summed E-state index contributed by atoms with van der Waals surface area (Å²) in [5, 5.41) is 2.06. The first-order valence-electron chi connectivity index (χ1n) is 8.87. The summed E-state index contributed by atoms with van der Waals surface area (Å²) in [6.45, 7) is 3.64. The number of carbonyl (C=O) groups excluding carboxylic acids is 1. The second-order valence-electron chi connectivity index (χ2n) is 6.80. The molecule has 0 N–H and O–H groups in total. The molecular weight excluding hydrogens is 350 g/mol. The molecule has 0 saturated carbocycles. The van der Waals surface area contributed by atoms with E-state index in [0.717, 1.165) is 43.9 Å². The Morgan fingerprint density at radius 1 is 1.20 bits per heavy atom. The first kappa shape index (κ1) is 17.1. The van der Waals surface area contributed by atoms with Gasteiger partial charge in [0.05, 0.1) is 23.7 Å². The van der Waals surface area contributed by atoms with Crippen molar-refractivity contribution in [1.82, 2.24) is 14.8 Å². The Morgan fingerprint density at radius 2 is 2.08 bits per heavy atom. The zero-order valence-corrected chi connectivity index (χ0v) is 15.8. The monoisotopic (exact) mass is 373 g/mol. The van der Waals surface area contributed by atoms with Crippen LogP contribution in [-0.4, -0.2) is 52.1 Å². The zero-order chi connectivity index (χ0) is 17.1. The Labute approximate surface area is 157 Å². The van der Waals surface area contributed by atoms with Gasteiger partial charge in [-0.25, -0.2) is 4.98 Å². The number of hydrogen-bond acceptors (Lipinski definition) is 5. The van der Waals surface area contributed by atoms with Gasteiger partial charge >= 0.3 is 0 Å². The Kier molecular flexibility index (Phi) is 5.39. The predicted molar refractivity (Wildman–Crippen MR) is 103 cm³/mol. The molecule has 0 aliphatic carbocycles. The van der Waals surface area contributed by atoms with Gasteiger partial charge in [-0.2, -0.15) is 0 Å². The van der Waals surface area contributed by atoms with Crippen molar-refractivity contribution in [3.63, 3.8) is 0 Å². The third-order valence-electron chi connectivity index (χ3n) is 5.10. The van der Waals surface area contributed by atoms with Crippen LogP contribution < -0.4 is 0 Å². The zero-order valence-electron chi connectivity index (χ0n) is 14.2. The van der Waals surface area contributed by atoms with Crippen molar-refractivity contribution in [3.8, 4) is 0 Å². The van der Waals surface area contributed by atoms with Gasteiger partial charge in [0.15, 0.2) is 0 Å². The molecule has 132 valence electrons. The van der Waals surface area contributed by atoms with E-state index in [1.165, 1.54) is 4.90 Å². The SMILES string of the molecule is O=C1[C@H]2CC[C@H](CN(CCSc3ccccc3)C2)N1Cc1cscn1. The maximum absolute atomic E-state index is 12.8. The van der Waals surface area contributed by atoms with Crippen LogP contribution in [0.1, 0.15) is 18.5 Å². The number of benzene rings is 1. The van der Waals surface area contributed by atoms with E-state index in [9.17, 15) is 4.79 Å². The normalized spacial score (nSPS) is 23.8. The van der Waals surface area contributed by atoms with Gasteiger partial charge in [-0.15, -0.1) is 23.1 Å². The molecule has 3 fully saturated rings. The number of piperidine rings is 1. The second-order valence-corrected chi connectivity index (χ2v) is 8.68. The van der Waals surface area contributed by atoms with Crippen LogP contribution in [0.25, 0.3) is 0 Å². The molecule has 1 amide bonds. The van der Waals surface area contributed by atoms with E-state index >= 15 is 0 Å². The molecule has 0 radical (unpaired) electrons. The standard InChI is InChI=1S/C19H23N3OS2/c23-19-15-6-7-17(22(19)11-16-13-24-14-20-16)12-21(10-15)8-9-25-18-4-2-1-3-5-18/h1-5,13-15,17H,6-12H2/t15-,17+/m0/s1. The van der Waals surface area contributed by atoms with Crippen LogP contribution >= 0.6 is 23.1 Å². The van der Waals surface area contributed by atoms with Crippen LogP contribution in [0.4, 0.5) is 0 Å². The Hall–Kier alpha value is -1.37. The van der Waals surface area contributed by atoms with Crippen molar-refractivity contribution < 1.29 is 4.79 Å². The summed E-state index contributed by atoms with van der Waals surface area (Å²) in [5.41, 5.74) is 2.88. The Morgan fingerprint density at radius 3 is 2.88 bits per heavy atom. The van der Waals surface area contributed by atoms with Crippen molar-refractivity contribution in [3.05, 3.63) is 46.9 Å². The van der Waals surface area contributed by atoms with E-state index in [-0.39, 0.29) is 5.92 Å². The predicted octanol–water partition coefficient (Wildman–Crippen LogP) is 3.36. The van der Waals surface area contributed by atoms with Gasteiger partial charge in [0, 0.05) is 41.7 Å². The van der Waals surface area contributed by atoms with Crippen molar-refractivity contribution in [1.29, 1.82) is 0 Å². The van der Waals surface area contributed by atoms with E-state index in [2.05, 4.69) is 50.5 Å². The molecule has 5 rings (SSSR count). The van der Waals surface area contributed by atoms with E-state index < -0.39 is 0 Å². The third-order valence-corrected chi connectivity index (χ3v) is 6.73. The van der Waals surface area contributed by atoms with Crippen molar-refractivity contribution in [2.24, 2.45) is 5.92 Å². The number of fused-ring (bicyclic) bond motifs is 4. The second kappa shape index (κ2) is 7.89. The molecule has 4 nitrogen and oxygen atoms in total. The summed E-state index contributed by atoms with van der Waals surface area (Å²) >= 11 is 3.50. The highest BCUT2D eigenvalue weighted by Gasteiger charge is 2.40. The number of carbonyl (C=O) groups is 1. The van der Waals surface area contributed by atoms with Crippen LogP contribution in [0.5, 0.6) is 0 Å². The highest BCUT2D eigenvalue weighted by molar-refractivity contribution is 7.99. The van der Waals surface area contributed by atoms with Gasteiger partial charge < -0.3 is 4.90 Å². The van der Waals surface area contributed by atoms with Gasteiger partial charge in [-0.05, 0) is 25.0 Å². The van der Waals surface area contributed by atoms with Gasteiger partial charge in [0.1, 0.15) is 0 Å². The summed E-state index contributed by atoms with van der Waals surface area (Å²) < 4.78 is 0. The van der Waals surface area contributed by atoms with Gasteiger partial charge in [0.2, 0.25) is 5.91 Å². The van der Waals surface area contributed by atoms with Crippen LogP contribution in [0.3, 0.4) is 0 Å². The quantitative estimate of drug-likeness (QED) is 0.728. The van der Waals surface area contributed by atoms with Crippen molar-refractivity contribution in [2.45, 2.75) is 30.3 Å². The lowest BCUT2D eigenvalue weighted by molar-refractivity contribution is -0.140. The number of rotatable bonds is 6. The van der Waals surface area contributed by atoms with E-state index in [4.69, 9.17) is 0 Å². The fourth-order valence-electron chi connectivity index (χ4n) is 3.82. The van der Waals surface area contributed by atoms with Crippen LogP contribution in [-0.2, 0) is 11.3 Å². The lowest BCUT2D eigenvalue weighted by Crippen LogP contribution is -2.47. The van der Waals surface area contributed by atoms with Crippen LogP contribution in [0.2, 0.25) is 0 Å². The number of hydrogen-bond donors (Lipinski definition) is 0. The first-order valence-corrected chi connectivity index (χ1v) is 10.8. The highest BCUT2D eigenvalue weighted by atomic mass is 32.2. The maximum Gasteiger partial charge on any atom is 0.227 e. The maximum atomic E-state index is 12.8. The first-order chi connectivity index (χ1) is 12.3. The molecule has 2 atom stereocenters. The minimum absolute atomic E-state index is 0.166. The molecule has 3 saturated heterocycles. The molecule has 3 aliphatic heterocycles. The largest absolute Gasteiger partial charge is 0.332 e. The van der Waals surface area contributed by atoms with Crippen LogP contribution in [0.15, 0.2) is 46.1 Å². The Balaban J connectivity index is 1.36. The summed E-state index contributed by atoms with van der Waals surface area (Å²) in [5.74, 6) is 1.57. The van der Waals surface area contributed by atoms with Gasteiger partial charge in [-0.1, -0.05) is 18.2 Å². The average molecular weight is 374 g/mol. The number of nitrogens with zero attached hydrogens (tertiary/aromatic N) is 3. The molecule has 3 aliphatic rings. The molecule has 0 unspecified atom stereocenters. The molecule has 25 heavy (non-hydrogen) atoms. The summed E-state index contributed by atoms with van der Waals surface area (Å²) in [7, 11) is 0.